The molecule has 3 nitrogen and oxygen atoms in total. The average molecular weight is 419 g/mol. The van der Waals surface area contributed by atoms with E-state index in [4.69, 9.17) is 5.73 Å². The van der Waals surface area contributed by atoms with Gasteiger partial charge in [0.15, 0.2) is 0 Å². The van der Waals surface area contributed by atoms with E-state index in [2.05, 4.69) is 69.8 Å². The van der Waals surface area contributed by atoms with Crippen molar-refractivity contribution in [3.8, 4) is 0 Å². The van der Waals surface area contributed by atoms with Crippen molar-refractivity contribution < 1.29 is 4.48 Å². The first-order valence-electron chi connectivity index (χ1n) is 11.5. The highest BCUT2D eigenvalue weighted by molar-refractivity contribution is 7.99. The Labute approximate surface area is 183 Å². The van der Waals surface area contributed by atoms with Gasteiger partial charge in [-0.25, -0.2) is 0 Å². The summed E-state index contributed by atoms with van der Waals surface area (Å²) in [5.74, 6) is 0.920. The standard InChI is InChI=1S/C25H44N3S/c1-23(2,29-5)19-27-20-24(28(3,4)18-21-10-9-11-21)14-16-25(26,17-15-24)22-12-7-6-8-13-22/h6-8,12-13,21,27H,9-11,14-20,26H2,1-5H3/q+1. The van der Waals surface area contributed by atoms with Gasteiger partial charge in [-0.05, 0) is 51.3 Å². The highest BCUT2D eigenvalue weighted by Crippen LogP contribution is 2.45. The van der Waals surface area contributed by atoms with E-state index in [1.54, 1.807) is 0 Å². The lowest BCUT2D eigenvalue weighted by atomic mass is 9.67. The molecule has 29 heavy (non-hydrogen) atoms. The maximum Gasteiger partial charge on any atom is 0.112 e. The van der Waals surface area contributed by atoms with Crippen LogP contribution in [0, 0.1) is 5.92 Å². The molecule has 164 valence electrons. The summed E-state index contributed by atoms with van der Waals surface area (Å²) in [5.41, 5.74) is 8.40. The van der Waals surface area contributed by atoms with Gasteiger partial charge >= 0.3 is 0 Å². The average Bonchev–Trinajstić information content (AvgIpc) is 2.67. The molecule has 2 fully saturated rings. The normalized spacial score (nSPS) is 28.9. The van der Waals surface area contributed by atoms with E-state index in [0.717, 1.165) is 36.3 Å². The van der Waals surface area contributed by atoms with Crippen molar-refractivity contribution >= 4 is 11.8 Å². The second kappa shape index (κ2) is 8.90. The number of hydrogen-bond donors (Lipinski definition) is 2. The van der Waals surface area contributed by atoms with Crippen molar-refractivity contribution in [2.24, 2.45) is 11.7 Å². The first-order chi connectivity index (χ1) is 13.6. The quantitative estimate of drug-likeness (QED) is 0.568. The topological polar surface area (TPSA) is 38.0 Å². The van der Waals surface area contributed by atoms with E-state index in [1.807, 2.05) is 11.8 Å². The maximum atomic E-state index is 6.97. The molecule has 0 heterocycles. The Morgan fingerprint density at radius 3 is 2.24 bits per heavy atom. The lowest BCUT2D eigenvalue weighted by Gasteiger charge is -2.55. The van der Waals surface area contributed by atoms with Crippen molar-refractivity contribution in [1.29, 1.82) is 0 Å². The van der Waals surface area contributed by atoms with Gasteiger partial charge in [0.2, 0.25) is 0 Å². The number of likely N-dealkylation sites (N-methyl/N-ethyl adjacent to an activating group) is 1. The SMILES string of the molecule is CSC(C)(C)CNCC1([N+](C)(C)CC2CCC2)CCC(N)(c2ccccc2)CC1. The van der Waals surface area contributed by atoms with Crippen molar-refractivity contribution in [1.82, 2.24) is 5.32 Å². The summed E-state index contributed by atoms with van der Waals surface area (Å²) in [4.78, 5) is 0. The monoisotopic (exact) mass is 418 g/mol. The van der Waals surface area contributed by atoms with E-state index in [-0.39, 0.29) is 15.8 Å². The smallest absolute Gasteiger partial charge is 0.112 e. The fourth-order valence-electron chi connectivity index (χ4n) is 5.40. The van der Waals surface area contributed by atoms with Gasteiger partial charge in [-0.1, -0.05) is 36.8 Å². The summed E-state index contributed by atoms with van der Waals surface area (Å²) in [6, 6.07) is 10.8. The zero-order valence-electron chi connectivity index (χ0n) is 19.5. The molecule has 0 aromatic heterocycles. The second-order valence-electron chi connectivity index (χ2n) is 11.0. The van der Waals surface area contributed by atoms with Crippen LogP contribution in [0.2, 0.25) is 0 Å². The molecule has 2 saturated carbocycles. The Kier molecular flexibility index (Phi) is 7.10. The third-order valence-corrected chi connectivity index (χ3v) is 9.45. The van der Waals surface area contributed by atoms with Gasteiger partial charge in [-0.2, -0.15) is 11.8 Å². The predicted molar refractivity (Wildman–Crippen MR) is 128 cm³/mol. The van der Waals surface area contributed by atoms with Crippen LogP contribution in [0.25, 0.3) is 0 Å². The van der Waals surface area contributed by atoms with Crippen molar-refractivity contribution in [3.05, 3.63) is 35.9 Å². The van der Waals surface area contributed by atoms with Gasteiger partial charge in [0, 0.05) is 35.6 Å². The second-order valence-corrected chi connectivity index (χ2v) is 12.5. The molecule has 0 saturated heterocycles. The molecule has 0 radical (unpaired) electrons. The summed E-state index contributed by atoms with van der Waals surface area (Å²) in [6.07, 6.45) is 11.1. The van der Waals surface area contributed by atoms with Crippen molar-refractivity contribution in [2.45, 2.75) is 74.6 Å². The lowest BCUT2D eigenvalue weighted by Crippen LogP contribution is -2.68. The van der Waals surface area contributed by atoms with Crippen LogP contribution in [0.4, 0.5) is 0 Å². The third kappa shape index (κ3) is 5.20. The Bertz CT molecular complexity index is 643. The van der Waals surface area contributed by atoms with Gasteiger partial charge in [0.05, 0.1) is 27.2 Å². The first kappa shape index (κ1) is 23.1. The Morgan fingerprint density at radius 1 is 1.10 bits per heavy atom. The third-order valence-electron chi connectivity index (χ3n) is 8.20. The van der Waals surface area contributed by atoms with Crippen LogP contribution >= 0.6 is 11.8 Å². The van der Waals surface area contributed by atoms with Gasteiger partial charge in [0.25, 0.3) is 0 Å². The number of rotatable bonds is 9. The number of nitrogens with two attached hydrogens (primary N) is 1. The summed E-state index contributed by atoms with van der Waals surface area (Å²) in [7, 11) is 4.98. The number of hydrogen-bond acceptors (Lipinski definition) is 3. The van der Waals surface area contributed by atoms with Crippen LogP contribution in [-0.2, 0) is 5.54 Å². The number of nitrogens with one attached hydrogen (secondary N) is 1. The van der Waals surface area contributed by atoms with Crippen molar-refractivity contribution in [2.75, 3.05) is 40.0 Å². The number of nitrogens with zero attached hydrogens (tertiary/aromatic N) is 1. The van der Waals surface area contributed by atoms with Crippen LogP contribution in [0.5, 0.6) is 0 Å². The van der Waals surface area contributed by atoms with E-state index in [9.17, 15) is 0 Å². The highest BCUT2D eigenvalue weighted by atomic mass is 32.2. The molecule has 2 aliphatic carbocycles. The van der Waals surface area contributed by atoms with Gasteiger partial charge in [-0.3, -0.25) is 0 Å². The predicted octanol–water partition coefficient (Wildman–Crippen LogP) is 4.76. The molecular formula is C25H44N3S+. The lowest BCUT2D eigenvalue weighted by molar-refractivity contribution is -0.946. The van der Waals surface area contributed by atoms with Gasteiger partial charge in [-0.15, -0.1) is 0 Å². The molecular weight excluding hydrogens is 374 g/mol. The number of quaternary nitrogens is 1. The van der Waals surface area contributed by atoms with E-state index >= 15 is 0 Å². The molecule has 4 heteroatoms. The van der Waals surface area contributed by atoms with Gasteiger partial charge < -0.3 is 15.5 Å². The van der Waals surface area contributed by atoms with Crippen LogP contribution < -0.4 is 11.1 Å². The molecule has 0 spiro atoms. The van der Waals surface area contributed by atoms with Crippen LogP contribution in [0.15, 0.2) is 30.3 Å². The molecule has 0 aliphatic heterocycles. The highest BCUT2D eigenvalue weighted by Gasteiger charge is 2.51. The fourth-order valence-corrected chi connectivity index (χ4v) is 5.65. The summed E-state index contributed by atoms with van der Waals surface area (Å²) in [5, 5.41) is 3.89. The summed E-state index contributed by atoms with van der Waals surface area (Å²) >= 11 is 1.95. The van der Waals surface area contributed by atoms with Crippen LogP contribution in [0.3, 0.4) is 0 Å². The van der Waals surface area contributed by atoms with E-state index in [1.165, 1.54) is 44.2 Å². The fraction of sp³-hybridized carbons (Fsp3) is 0.760. The Morgan fingerprint density at radius 2 is 1.72 bits per heavy atom. The molecule has 1 aromatic carbocycles. The Balaban J connectivity index is 1.75. The van der Waals surface area contributed by atoms with E-state index in [0.29, 0.717) is 0 Å². The zero-order valence-corrected chi connectivity index (χ0v) is 20.3. The molecule has 0 unspecified atom stereocenters. The molecule has 2 aliphatic rings. The number of thioether (sulfide) groups is 1. The number of benzene rings is 1. The summed E-state index contributed by atoms with van der Waals surface area (Å²) in [6.45, 7) is 8.16. The molecule has 1 aromatic rings. The zero-order chi connectivity index (χ0) is 21.2. The van der Waals surface area contributed by atoms with Crippen LogP contribution in [-0.4, -0.2) is 54.8 Å². The summed E-state index contributed by atoms with van der Waals surface area (Å²) < 4.78 is 1.41. The molecule has 0 amide bonds. The molecule has 3 N–H and O–H groups in total. The minimum Gasteiger partial charge on any atom is -0.322 e. The molecule has 0 bridgehead atoms. The largest absolute Gasteiger partial charge is 0.322 e. The Hall–Kier alpha value is -0.550. The van der Waals surface area contributed by atoms with Crippen molar-refractivity contribution in [3.63, 3.8) is 0 Å². The van der Waals surface area contributed by atoms with Crippen LogP contribution in [0.1, 0.15) is 64.4 Å². The minimum absolute atomic E-state index is 0.167. The molecule has 3 rings (SSSR count). The minimum atomic E-state index is -0.167. The van der Waals surface area contributed by atoms with Gasteiger partial charge in [0.1, 0.15) is 5.54 Å². The first-order valence-corrected chi connectivity index (χ1v) is 12.8. The maximum absolute atomic E-state index is 6.97. The molecule has 0 atom stereocenters. The van der Waals surface area contributed by atoms with E-state index < -0.39 is 0 Å².